The van der Waals surface area contributed by atoms with Crippen LogP contribution in [-0.2, 0) is 12.7 Å². The number of nitrogens with one attached hydrogen (secondary N) is 1. The van der Waals surface area contributed by atoms with Crippen molar-refractivity contribution < 1.29 is 31.4 Å². The monoisotopic (exact) mass is 559 g/mol. The number of nitrogens with zero attached hydrogens (tertiary/aromatic N) is 5. The van der Waals surface area contributed by atoms with Gasteiger partial charge in [0.15, 0.2) is 11.6 Å². The van der Waals surface area contributed by atoms with E-state index in [1.165, 1.54) is 41.2 Å². The summed E-state index contributed by atoms with van der Waals surface area (Å²) in [5.41, 5.74) is 0.469. The molecular formula is C26H21F5N6OP+. The van der Waals surface area contributed by atoms with Crippen LogP contribution in [-0.4, -0.2) is 38.0 Å². The molecule has 7 nitrogen and oxygen atoms in total. The van der Waals surface area contributed by atoms with Gasteiger partial charge in [-0.15, -0.1) is 14.3 Å². The summed E-state index contributed by atoms with van der Waals surface area (Å²) < 4.78 is 76.1. The summed E-state index contributed by atoms with van der Waals surface area (Å²) in [6.45, 7) is 0.466. The van der Waals surface area contributed by atoms with Crippen LogP contribution >= 0.6 is 9.24 Å². The lowest BCUT2D eigenvalue weighted by atomic mass is 10.0. The van der Waals surface area contributed by atoms with Gasteiger partial charge in [0.05, 0.1) is 23.4 Å². The maximum atomic E-state index is 14.2. The van der Waals surface area contributed by atoms with E-state index < -0.39 is 23.4 Å². The van der Waals surface area contributed by atoms with Crippen LogP contribution in [0.2, 0.25) is 0 Å². The van der Waals surface area contributed by atoms with Gasteiger partial charge in [-0.05, 0) is 60.1 Å². The molecule has 0 saturated heterocycles. The van der Waals surface area contributed by atoms with Crippen LogP contribution in [0.1, 0.15) is 17.7 Å². The number of rotatable bonds is 8. The van der Waals surface area contributed by atoms with Gasteiger partial charge >= 0.3 is 6.18 Å². The van der Waals surface area contributed by atoms with E-state index in [-0.39, 0.29) is 34.9 Å². The van der Waals surface area contributed by atoms with Gasteiger partial charge in [0.25, 0.3) is 0 Å². The average Bonchev–Trinajstić information content (AvgIpc) is 3.33. The fraction of sp³-hybridized carbons (Fsp3) is 0.192. The number of alkyl halides is 3. The van der Waals surface area contributed by atoms with Crippen molar-refractivity contribution in [3.05, 3.63) is 83.8 Å². The molecule has 0 aliphatic carbocycles. The smallest absolute Gasteiger partial charge is 0.417 e. The summed E-state index contributed by atoms with van der Waals surface area (Å²) in [6.07, 6.45) is -0.0648. The molecule has 0 saturated carbocycles. The fourth-order valence-electron chi connectivity index (χ4n) is 3.91. The third kappa shape index (κ3) is 5.85. The van der Waals surface area contributed by atoms with Gasteiger partial charge in [-0.3, -0.25) is 0 Å². The molecular weight excluding hydrogens is 538 g/mol. The number of hydrogen-bond acceptors (Lipinski definition) is 5. The van der Waals surface area contributed by atoms with Crippen LogP contribution in [0.4, 0.5) is 22.0 Å². The molecule has 0 amide bonds. The SMILES string of the molecule is Fc1cccc(-c2nc3cn[n+](Cc4ccc(-c5ccc(OCCCP)cc5C(F)(F)F)nn4)cc3[nH]2)c1F. The number of ether oxygens (including phenoxy) is 1. The Balaban J connectivity index is 1.37. The third-order valence-electron chi connectivity index (χ3n) is 5.81. The molecule has 3 heterocycles. The number of imidazole rings is 1. The van der Waals surface area contributed by atoms with Crippen LogP contribution in [0.25, 0.3) is 33.7 Å². The third-order valence-corrected chi connectivity index (χ3v) is 6.22. The van der Waals surface area contributed by atoms with E-state index in [1.807, 2.05) is 0 Å². The standard InChI is InChI=1S/C26H20F5N6OP/c27-20-4-1-3-18(24(20)28)25-33-22-12-32-37(14-23(22)34-25)13-15-5-8-21(36-35-15)17-7-6-16(38-9-2-10-39)11-19(17)26(29,30)31/h1,3-8,11-12,14H,2,9-10,13,39H2/p+1. The maximum absolute atomic E-state index is 14.2. The van der Waals surface area contributed by atoms with E-state index in [0.717, 1.165) is 18.3 Å². The second-order valence-corrected chi connectivity index (χ2v) is 9.14. The van der Waals surface area contributed by atoms with Crippen molar-refractivity contribution in [1.29, 1.82) is 0 Å². The first-order chi connectivity index (χ1) is 18.7. The molecule has 0 radical (unpaired) electrons. The van der Waals surface area contributed by atoms with Crippen molar-refractivity contribution in [1.82, 2.24) is 25.3 Å². The Hall–Kier alpha value is -4.05. The lowest BCUT2D eigenvalue weighted by Crippen LogP contribution is -2.38. The fourth-order valence-corrected chi connectivity index (χ4v) is 4.07. The molecule has 0 aliphatic heterocycles. The molecule has 200 valence electrons. The predicted octanol–water partition coefficient (Wildman–Crippen LogP) is 5.36. The van der Waals surface area contributed by atoms with Gasteiger partial charge in [-0.2, -0.15) is 18.3 Å². The van der Waals surface area contributed by atoms with Crippen molar-refractivity contribution in [3.8, 4) is 28.4 Å². The number of fused-ring (bicyclic) bond motifs is 1. The summed E-state index contributed by atoms with van der Waals surface area (Å²) in [6, 6.07) is 10.6. The second kappa shape index (κ2) is 11.0. The normalized spacial score (nSPS) is 11.7. The number of halogens is 5. The largest absolute Gasteiger partial charge is 0.494 e. The molecule has 5 rings (SSSR count). The Morgan fingerprint density at radius 3 is 2.59 bits per heavy atom. The average molecular weight is 559 g/mol. The highest BCUT2D eigenvalue weighted by molar-refractivity contribution is 7.16. The summed E-state index contributed by atoms with van der Waals surface area (Å²) in [4.78, 5) is 7.21. The molecule has 39 heavy (non-hydrogen) atoms. The van der Waals surface area contributed by atoms with Crippen molar-refractivity contribution >= 4 is 20.3 Å². The highest BCUT2D eigenvalue weighted by atomic mass is 31.0. The van der Waals surface area contributed by atoms with Crippen LogP contribution < -0.4 is 9.42 Å². The van der Waals surface area contributed by atoms with E-state index in [4.69, 9.17) is 4.74 Å². The molecule has 0 spiro atoms. The zero-order chi connectivity index (χ0) is 27.6. The Bertz CT molecular complexity index is 1620. The van der Waals surface area contributed by atoms with E-state index >= 15 is 0 Å². The van der Waals surface area contributed by atoms with Crippen LogP contribution in [0.3, 0.4) is 0 Å². The minimum atomic E-state index is -4.61. The van der Waals surface area contributed by atoms with Crippen molar-refractivity contribution in [3.63, 3.8) is 0 Å². The first-order valence-electron chi connectivity index (χ1n) is 11.8. The van der Waals surface area contributed by atoms with Gasteiger partial charge in [0.1, 0.15) is 34.5 Å². The summed E-state index contributed by atoms with van der Waals surface area (Å²) in [7, 11) is 2.54. The van der Waals surface area contributed by atoms with E-state index in [0.29, 0.717) is 29.8 Å². The van der Waals surface area contributed by atoms with E-state index in [2.05, 4.69) is 34.5 Å². The zero-order valence-corrected chi connectivity index (χ0v) is 21.4. The quantitative estimate of drug-likeness (QED) is 0.120. The summed E-state index contributed by atoms with van der Waals surface area (Å²) in [5.74, 6) is -1.72. The van der Waals surface area contributed by atoms with Crippen LogP contribution in [0.15, 0.2) is 60.9 Å². The number of benzene rings is 2. The number of hydrogen-bond donors (Lipinski definition) is 1. The van der Waals surface area contributed by atoms with Crippen molar-refractivity contribution in [2.75, 3.05) is 12.8 Å². The number of aromatic nitrogens is 6. The number of H-pyrrole nitrogens is 1. The molecule has 5 aromatic rings. The highest BCUT2D eigenvalue weighted by Gasteiger charge is 2.34. The van der Waals surface area contributed by atoms with E-state index in [9.17, 15) is 22.0 Å². The summed E-state index contributed by atoms with van der Waals surface area (Å²) in [5, 5.41) is 12.3. The van der Waals surface area contributed by atoms with Crippen molar-refractivity contribution in [2.45, 2.75) is 19.1 Å². The minimum Gasteiger partial charge on any atom is -0.494 e. The lowest BCUT2D eigenvalue weighted by molar-refractivity contribution is -0.745. The lowest BCUT2D eigenvalue weighted by Gasteiger charge is -2.14. The summed E-state index contributed by atoms with van der Waals surface area (Å²) >= 11 is 0. The maximum Gasteiger partial charge on any atom is 0.417 e. The first-order valence-corrected chi connectivity index (χ1v) is 12.6. The van der Waals surface area contributed by atoms with Gasteiger partial charge in [0, 0.05) is 5.56 Å². The number of aromatic amines is 1. The molecule has 0 fully saturated rings. The Kier molecular flexibility index (Phi) is 7.47. The minimum absolute atomic E-state index is 0.0166. The predicted molar refractivity (Wildman–Crippen MR) is 136 cm³/mol. The second-order valence-electron chi connectivity index (χ2n) is 8.56. The molecule has 13 heteroatoms. The Labute approximate surface area is 221 Å². The molecule has 3 aromatic heterocycles. The van der Waals surface area contributed by atoms with Gasteiger partial charge in [-0.1, -0.05) is 10.7 Å². The van der Waals surface area contributed by atoms with Crippen molar-refractivity contribution in [2.24, 2.45) is 0 Å². The topological polar surface area (TPSA) is 80.5 Å². The molecule has 1 atom stereocenters. The first kappa shape index (κ1) is 26.6. The van der Waals surface area contributed by atoms with Crippen LogP contribution in [0.5, 0.6) is 5.75 Å². The zero-order valence-electron chi connectivity index (χ0n) is 20.2. The van der Waals surface area contributed by atoms with Gasteiger partial charge < -0.3 is 9.72 Å². The van der Waals surface area contributed by atoms with E-state index in [1.54, 1.807) is 12.3 Å². The molecule has 0 aliphatic rings. The molecule has 1 unspecified atom stereocenters. The highest BCUT2D eigenvalue weighted by Crippen LogP contribution is 2.38. The molecule has 0 bridgehead atoms. The Morgan fingerprint density at radius 1 is 1.00 bits per heavy atom. The van der Waals surface area contributed by atoms with Crippen LogP contribution in [0, 0.1) is 11.6 Å². The molecule has 1 N–H and O–H groups in total. The van der Waals surface area contributed by atoms with Gasteiger partial charge in [-0.25, -0.2) is 13.8 Å². The molecule has 2 aromatic carbocycles. The van der Waals surface area contributed by atoms with Gasteiger partial charge in [0.2, 0.25) is 12.7 Å². The Morgan fingerprint density at radius 2 is 1.85 bits per heavy atom.